The van der Waals surface area contributed by atoms with Crippen LogP contribution in [-0.4, -0.2) is 51.4 Å². The molecule has 1 aliphatic rings. The van der Waals surface area contributed by atoms with E-state index in [9.17, 15) is 0 Å². The summed E-state index contributed by atoms with van der Waals surface area (Å²) in [5.41, 5.74) is 1.27. The van der Waals surface area contributed by atoms with Crippen molar-refractivity contribution in [3.05, 3.63) is 23.8 Å². The molecule has 6 nitrogen and oxygen atoms in total. The van der Waals surface area contributed by atoms with Gasteiger partial charge in [-0.2, -0.15) is 0 Å². The number of nitrogens with zero attached hydrogens (tertiary/aromatic N) is 2. The molecular formula is C18H30N4O2. The number of nitrogens with one attached hydrogen (secondary N) is 2. The van der Waals surface area contributed by atoms with Crippen molar-refractivity contribution in [1.29, 1.82) is 0 Å². The Morgan fingerprint density at radius 2 is 1.96 bits per heavy atom. The summed E-state index contributed by atoms with van der Waals surface area (Å²) in [7, 11) is 4.20. The van der Waals surface area contributed by atoms with E-state index in [2.05, 4.69) is 55.4 Å². The highest BCUT2D eigenvalue weighted by Gasteiger charge is 2.19. The SMILES string of the molecule is CCNC(=NCc1ccc2c(c1)OCO2)NCC(C)(C)CN(C)C. The molecule has 0 atom stereocenters. The van der Waals surface area contributed by atoms with E-state index in [-0.39, 0.29) is 5.41 Å². The van der Waals surface area contributed by atoms with Gasteiger partial charge in [-0.15, -0.1) is 0 Å². The minimum absolute atomic E-state index is 0.165. The zero-order valence-corrected chi connectivity index (χ0v) is 15.5. The number of ether oxygens (including phenoxy) is 2. The zero-order chi connectivity index (χ0) is 17.6. The Morgan fingerprint density at radius 3 is 2.67 bits per heavy atom. The Morgan fingerprint density at radius 1 is 1.21 bits per heavy atom. The van der Waals surface area contributed by atoms with Crippen molar-refractivity contribution < 1.29 is 9.47 Å². The van der Waals surface area contributed by atoms with Crippen molar-refractivity contribution in [2.24, 2.45) is 10.4 Å². The largest absolute Gasteiger partial charge is 0.454 e. The number of benzene rings is 1. The molecule has 134 valence electrons. The lowest BCUT2D eigenvalue weighted by atomic mass is 9.93. The Bertz CT molecular complexity index is 570. The molecule has 24 heavy (non-hydrogen) atoms. The second-order valence-corrected chi connectivity index (χ2v) is 7.14. The van der Waals surface area contributed by atoms with Gasteiger partial charge in [-0.05, 0) is 44.1 Å². The first-order valence-corrected chi connectivity index (χ1v) is 8.45. The molecular weight excluding hydrogens is 304 g/mol. The standard InChI is InChI=1S/C18H30N4O2/c1-6-19-17(21-11-18(2,3)12-22(4)5)20-10-14-7-8-15-16(9-14)24-13-23-15/h7-9H,6,10-13H2,1-5H3,(H2,19,20,21). The smallest absolute Gasteiger partial charge is 0.231 e. The van der Waals surface area contributed by atoms with Crippen LogP contribution in [0.25, 0.3) is 0 Å². The van der Waals surface area contributed by atoms with Gasteiger partial charge in [-0.1, -0.05) is 19.9 Å². The van der Waals surface area contributed by atoms with E-state index >= 15 is 0 Å². The van der Waals surface area contributed by atoms with Crippen molar-refractivity contribution in [3.8, 4) is 11.5 Å². The van der Waals surface area contributed by atoms with Crippen molar-refractivity contribution in [1.82, 2.24) is 15.5 Å². The molecule has 0 radical (unpaired) electrons. The molecule has 0 saturated carbocycles. The quantitative estimate of drug-likeness (QED) is 0.590. The topological polar surface area (TPSA) is 58.1 Å². The minimum Gasteiger partial charge on any atom is -0.454 e. The summed E-state index contributed by atoms with van der Waals surface area (Å²) in [4.78, 5) is 6.88. The summed E-state index contributed by atoms with van der Waals surface area (Å²) in [5, 5.41) is 6.75. The maximum atomic E-state index is 5.42. The molecule has 0 aliphatic carbocycles. The number of fused-ring (bicyclic) bond motifs is 1. The third kappa shape index (κ3) is 5.60. The first-order valence-electron chi connectivity index (χ1n) is 8.45. The molecule has 2 N–H and O–H groups in total. The van der Waals surface area contributed by atoms with E-state index < -0.39 is 0 Å². The van der Waals surface area contributed by atoms with Gasteiger partial charge in [0.2, 0.25) is 6.79 Å². The second-order valence-electron chi connectivity index (χ2n) is 7.14. The van der Waals surface area contributed by atoms with Gasteiger partial charge in [-0.25, -0.2) is 4.99 Å². The summed E-state index contributed by atoms with van der Waals surface area (Å²) < 4.78 is 10.8. The molecule has 2 rings (SSSR count). The highest BCUT2D eigenvalue weighted by atomic mass is 16.7. The number of hydrogen-bond donors (Lipinski definition) is 2. The molecule has 0 aromatic heterocycles. The van der Waals surface area contributed by atoms with Crippen LogP contribution in [0.3, 0.4) is 0 Å². The molecule has 0 fully saturated rings. The highest BCUT2D eigenvalue weighted by Crippen LogP contribution is 2.32. The lowest BCUT2D eigenvalue weighted by Gasteiger charge is -2.29. The Hall–Kier alpha value is -1.95. The molecule has 0 amide bonds. The van der Waals surface area contributed by atoms with E-state index in [1.54, 1.807) is 0 Å². The van der Waals surface area contributed by atoms with Crippen LogP contribution in [0.1, 0.15) is 26.3 Å². The molecule has 0 unspecified atom stereocenters. The van der Waals surface area contributed by atoms with Crippen LogP contribution < -0.4 is 20.1 Å². The van der Waals surface area contributed by atoms with Crippen molar-refractivity contribution in [3.63, 3.8) is 0 Å². The lowest BCUT2D eigenvalue weighted by Crippen LogP contribution is -2.44. The van der Waals surface area contributed by atoms with Gasteiger partial charge < -0.3 is 25.0 Å². The van der Waals surface area contributed by atoms with Crippen molar-refractivity contribution >= 4 is 5.96 Å². The van der Waals surface area contributed by atoms with Gasteiger partial charge in [0.05, 0.1) is 6.54 Å². The van der Waals surface area contributed by atoms with Gasteiger partial charge in [0.15, 0.2) is 17.5 Å². The molecule has 0 bridgehead atoms. The Labute approximate surface area is 145 Å². The number of rotatable bonds is 7. The third-order valence-corrected chi connectivity index (χ3v) is 3.68. The van der Waals surface area contributed by atoms with Gasteiger partial charge in [-0.3, -0.25) is 0 Å². The van der Waals surface area contributed by atoms with E-state index in [0.29, 0.717) is 13.3 Å². The van der Waals surface area contributed by atoms with E-state index in [4.69, 9.17) is 9.47 Å². The molecule has 0 spiro atoms. The maximum Gasteiger partial charge on any atom is 0.231 e. The van der Waals surface area contributed by atoms with Crippen LogP contribution in [0.5, 0.6) is 11.5 Å². The summed E-state index contributed by atoms with van der Waals surface area (Å²) in [6.07, 6.45) is 0. The predicted molar refractivity (Wildman–Crippen MR) is 97.7 cm³/mol. The average molecular weight is 334 g/mol. The van der Waals surface area contributed by atoms with Crippen LogP contribution in [0, 0.1) is 5.41 Å². The van der Waals surface area contributed by atoms with E-state index in [0.717, 1.165) is 42.7 Å². The van der Waals surface area contributed by atoms with Crippen LogP contribution in [0.2, 0.25) is 0 Å². The summed E-state index contributed by atoms with van der Waals surface area (Å²) in [6.45, 7) is 10.2. The van der Waals surface area contributed by atoms with Gasteiger partial charge >= 0.3 is 0 Å². The van der Waals surface area contributed by atoms with Gasteiger partial charge in [0.1, 0.15) is 0 Å². The summed E-state index contributed by atoms with van der Waals surface area (Å²) in [5.74, 6) is 2.44. The number of guanidine groups is 1. The molecule has 1 aromatic carbocycles. The lowest BCUT2D eigenvalue weighted by molar-refractivity contribution is 0.174. The highest BCUT2D eigenvalue weighted by molar-refractivity contribution is 5.79. The van der Waals surface area contributed by atoms with Crippen LogP contribution in [0.15, 0.2) is 23.2 Å². The van der Waals surface area contributed by atoms with Crippen LogP contribution in [-0.2, 0) is 6.54 Å². The fraction of sp³-hybridized carbons (Fsp3) is 0.611. The third-order valence-electron chi connectivity index (χ3n) is 3.68. The first-order chi connectivity index (χ1) is 11.4. The van der Waals surface area contributed by atoms with Crippen molar-refractivity contribution in [2.75, 3.05) is 40.5 Å². The monoisotopic (exact) mass is 334 g/mol. The number of hydrogen-bond acceptors (Lipinski definition) is 4. The maximum absolute atomic E-state index is 5.42. The van der Waals surface area contributed by atoms with Crippen LogP contribution in [0.4, 0.5) is 0 Å². The van der Waals surface area contributed by atoms with E-state index in [1.807, 2.05) is 18.2 Å². The number of aliphatic imine (C=N–C) groups is 1. The minimum atomic E-state index is 0.165. The molecule has 1 heterocycles. The van der Waals surface area contributed by atoms with Crippen LogP contribution >= 0.6 is 0 Å². The predicted octanol–water partition coefficient (Wildman–Crippen LogP) is 2.06. The first kappa shape index (κ1) is 18.4. The molecule has 6 heteroatoms. The van der Waals surface area contributed by atoms with Crippen molar-refractivity contribution in [2.45, 2.75) is 27.3 Å². The zero-order valence-electron chi connectivity index (χ0n) is 15.5. The Balaban J connectivity index is 1.95. The summed E-state index contributed by atoms with van der Waals surface area (Å²) >= 11 is 0. The summed E-state index contributed by atoms with van der Waals surface area (Å²) in [6, 6.07) is 5.95. The second kappa shape index (κ2) is 8.24. The average Bonchev–Trinajstić information content (AvgIpc) is 2.96. The fourth-order valence-electron chi connectivity index (χ4n) is 2.79. The molecule has 1 aromatic rings. The fourth-order valence-corrected chi connectivity index (χ4v) is 2.79. The Kier molecular flexibility index (Phi) is 6.31. The molecule has 1 aliphatic heterocycles. The normalized spacial score (nSPS) is 14.2. The van der Waals surface area contributed by atoms with Gasteiger partial charge in [0, 0.05) is 19.6 Å². The molecule has 0 saturated heterocycles. The van der Waals surface area contributed by atoms with E-state index in [1.165, 1.54) is 0 Å². The van der Waals surface area contributed by atoms with Gasteiger partial charge in [0.25, 0.3) is 0 Å².